The number of hydrogen-bond donors (Lipinski definition) is 2. The van der Waals surface area contributed by atoms with Gasteiger partial charge in [-0.25, -0.2) is 4.79 Å². The fourth-order valence-electron chi connectivity index (χ4n) is 1.68. The molecule has 1 aromatic carbocycles. The number of amides is 1. The van der Waals surface area contributed by atoms with Crippen molar-refractivity contribution in [3.63, 3.8) is 0 Å². The molecule has 0 fully saturated rings. The van der Waals surface area contributed by atoms with Gasteiger partial charge in [-0.3, -0.25) is 4.79 Å². The second kappa shape index (κ2) is 7.45. The van der Waals surface area contributed by atoms with Crippen molar-refractivity contribution in [2.75, 3.05) is 11.1 Å². The summed E-state index contributed by atoms with van der Waals surface area (Å²) in [7, 11) is 0. The number of rotatable bonds is 5. The van der Waals surface area contributed by atoms with Gasteiger partial charge in [0.2, 0.25) is 0 Å². The number of nitrogens with one attached hydrogen (secondary N) is 1. The highest BCUT2D eigenvalue weighted by Gasteiger charge is 2.23. The molecule has 0 saturated heterocycles. The first-order valence-corrected chi connectivity index (χ1v) is 7.76. The fourth-order valence-corrected chi connectivity index (χ4v) is 2.07. The SMILES string of the molecule is CC(C)(C)OC(=O)N[C@@H](Cc1ccc(N)cc1)C(=O)CBr. The summed E-state index contributed by atoms with van der Waals surface area (Å²) in [5.41, 5.74) is 6.60. The van der Waals surface area contributed by atoms with Gasteiger partial charge >= 0.3 is 6.09 Å². The van der Waals surface area contributed by atoms with Crippen molar-refractivity contribution in [2.24, 2.45) is 0 Å². The topological polar surface area (TPSA) is 81.4 Å². The molecule has 6 heteroatoms. The quantitative estimate of drug-likeness (QED) is 0.627. The van der Waals surface area contributed by atoms with Crippen molar-refractivity contribution in [2.45, 2.75) is 38.8 Å². The van der Waals surface area contributed by atoms with Gasteiger partial charge in [0.15, 0.2) is 5.78 Å². The number of halogens is 1. The van der Waals surface area contributed by atoms with Crippen LogP contribution in [-0.2, 0) is 16.0 Å². The molecule has 0 aliphatic heterocycles. The van der Waals surface area contributed by atoms with Crippen LogP contribution in [-0.4, -0.2) is 28.8 Å². The number of nitrogens with two attached hydrogens (primary N) is 1. The van der Waals surface area contributed by atoms with Gasteiger partial charge in [-0.2, -0.15) is 0 Å². The third-order valence-corrected chi connectivity index (χ3v) is 3.18. The Bertz CT molecular complexity index is 495. The number of nitrogen functional groups attached to an aromatic ring is 1. The average Bonchev–Trinajstić information content (AvgIpc) is 2.37. The number of carbonyl (C=O) groups excluding carboxylic acids is 2. The van der Waals surface area contributed by atoms with Crippen LogP contribution in [0.2, 0.25) is 0 Å². The van der Waals surface area contributed by atoms with E-state index in [0.29, 0.717) is 12.1 Å². The van der Waals surface area contributed by atoms with Crippen LogP contribution < -0.4 is 11.1 Å². The maximum atomic E-state index is 11.9. The van der Waals surface area contributed by atoms with Crippen molar-refractivity contribution in [3.05, 3.63) is 29.8 Å². The number of ether oxygens (including phenoxy) is 1. The van der Waals surface area contributed by atoms with E-state index in [-0.39, 0.29) is 11.1 Å². The van der Waals surface area contributed by atoms with Crippen LogP contribution in [0.3, 0.4) is 0 Å². The summed E-state index contributed by atoms with van der Waals surface area (Å²) in [5.74, 6) is -0.113. The number of anilines is 1. The Morgan fingerprint density at radius 1 is 1.29 bits per heavy atom. The van der Waals surface area contributed by atoms with E-state index in [2.05, 4.69) is 21.2 Å². The normalized spacial score (nSPS) is 12.6. The van der Waals surface area contributed by atoms with Gasteiger partial charge < -0.3 is 15.8 Å². The van der Waals surface area contributed by atoms with Crippen molar-refractivity contribution >= 4 is 33.5 Å². The molecular weight excluding hydrogens is 336 g/mol. The number of hydrogen-bond acceptors (Lipinski definition) is 4. The molecule has 21 heavy (non-hydrogen) atoms. The first kappa shape index (κ1) is 17.5. The van der Waals surface area contributed by atoms with Gasteiger partial charge in [0.05, 0.1) is 11.4 Å². The van der Waals surface area contributed by atoms with Crippen LogP contribution in [0.25, 0.3) is 0 Å². The number of carbonyl (C=O) groups is 2. The second-order valence-corrected chi connectivity index (χ2v) is 6.31. The fraction of sp³-hybridized carbons (Fsp3) is 0.467. The first-order valence-electron chi connectivity index (χ1n) is 6.64. The van der Waals surface area contributed by atoms with Crippen LogP contribution in [0.4, 0.5) is 10.5 Å². The zero-order valence-electron chi connectivity index (χ0n) is 12.5. The molecule has 0 spiro atoms. The summed E-state index contributed by atoms with van der Waals surface area (Å²) in [6.07, 6.45) is -0.207. The zero-order valence-corrected chi connectivity index (χ0v) is 14.1. The van der Waals surface area contributed by atoms with Crippen LogP contribution in [0, 0.1) is 0 Å². The molecule has 0 aliphatic carbocycles. The molecule has 0 aliphatic rings. The Balaban J connectivity index is 2.74. The Morgan fingerprint density at radius 3 is 2.33 bits per heavy atom. The minimum Gasteiger partial charge on any atom is -0.444 e. The van der Waals surface area contributed by atoms with Gasteiger partial charge in [-0.15, -0.1) is 0 Å². The van der Waals surface area contributed by atoms with Crippen molar-refractivity contribution in [3.8, 4) is 0 Å². The van der Waals surface area contributed by atoms with E-state index in [4.69, 9.17) is 10.5 Å². The lowest BCUT2D eigenvalue weighted by Crippen LogP contribution is -2.45. The molecular formula is C15H21BrN2O3. The van der Waals surface area contributed by atoms with Crippen LogP contribution in [0.5, 0.6) is 0 Å². The number of Topliss-reactive ketones (excluding diaryl/α,β-unsaturated/α-hetero) is 1. The summed E-state index contributed by atoms with van der Waals surface area (Å²) < 4.78 is 5.18. The molecule has 5 nitrogen and oxygen atoms in total. The lowest BCUT2D eigenvalue weighted by atomic mass is 10.0. The highest BCUT2D eigenvalue weighted by molar-refractivity contribution is 9.09. The third kappa shape index (κ3) is 6.62. The Hall–Kier alpha value is -1.56. The molecule has 0 heterocycles. The summed E-state index contributed by atoms with van der Waals surface area (Å²) >= 11 is 3.13. The number of ketones is 1. The van der Waals surface area contributed by atoms with Gasteiger partial charge in [0.25, 0.3) is 0 Å². The highest BCUT2D eigenvalue weighted by atomic mass is 79.9. The van der Waals surface area contributed by atoms with E-state index in [1.54, 1.807) is 32.9 Å². The Morgan fingerprint density at radius 2 is 1.86 bits per heavy atom. The maximum absolute atomic E-state index is 11.9. The average molecular weight is 357 g/mol. The van der Waals surface area contributed by atoms with Crippen LogP contribution in [0.15, 0.2) is 24.3 Å². The molecule has 0 bridgehead atoms. The largest absolute Gasteiger partial charge is 0.444 e. The molecule has 1 amide bonds. The van der Waals surface area contributed by atoms with E-state index >= 15 is 0 Å². The van der Waals surface area contributed by atoms with Gasteiger partial charge in [0, 0.05) is 5.69 Å². The highest BCUT2D eigenvalue weighted by Crippen LogP contribution is 2.11. The molecule has 0 radical (unpaired) electrons. The van der Waals surface area contributed by atoms with E-state index in [0.717, 1.165) is 5.56 Å². The van der Waals surface area contributed by atoms with Crippen molar-refractivity contribution < 1.29 is 14.3 Å². The van der Waals surface area contributed by atoms with E-state index in [1.165, 1.54) is 0 Å². The van der Waals surface area contributed by atoms with E-state index in [1.807, 2.05) is 12.1 Å². The molecule has 0 saturated carbocycles. The molecule has 1 aromatic rings. The predicted molar refractivity (Wildman–Crippen MR) is 86.5 cm³/mol. The lowest BCUT2D eigenvalue weighted by molar-refractivity contribution is -0.118. The summed E-state index contributed by atoms with van der Waals surface area (Å²) in [4.78, 5) is 23.8. The predicted octanol–water partition coefficient (Wildman–Crippen LogP) is 2.67. The van der Waals surface area contributed by atoms with E-state index < -0.39 is 17.7 Å². The maximum Gasteiger partial charge on any atom is 0.408 e. The molecule has 0 unspecified atom stereocenters. The minimum absolute atomic E-state index is 0.113. The van der Waals surface area contributed by atoms with Gasteiger partial charge in [-0.05, 0) is 44.9 Å². The summed E-state index contributed by atoms with van der Waals surface area (Å²) in [5, 5.41) is 2.78. The Labute approximate surface area is 133 Å². The number of alkyl carbamates (subject to hydrolysis) is 1. The van der Waals surface area contributed by atoms with Gasteiger partial charge in [0.1, 0.15) is 5.60 Å². The van der Waals surface area contributed by atoms with E-state index in [9.17, 15) is 9.59 Å². The summed E-state index contributed by atoms with van der Waals surface area (Å²) in [6, 6.07) is 6.56. The molecule has 0 aromatic heterocycles. The molecule has 3 N–H and O–H groups in total. The number of alkyl halides is 1. The lowest BCUT2D eigenvalue weighted by Gasteiger charge is -2.23. The van der Waals surface area contributed by atoms with Crippen LogP contribution >= 0.6 is 15.9 Å². The minimum atomic E-state index is -0.636. The molecule has 116 valence electrons. The Kier molecular flexibility index (Phi) is 6.20. The van der Waals surface area contributed by atoms with Crippen LogP contribution in [0.1, 0.15) is 26.3 Å². The first-order chi connectivity index (χ1) is 9.71. The standard InChI is InChI=1S/C15H21BrN2O3/c1-15(2,3)21-14(20)18-12(13(19)9-16)8-10-4-6-11(17)7-5-10/h4-7,12H,8-9,17H2,1-3H3,(H,18,20)/t12-/m0/s1. The second-order valence-electron chi connectivity index (χ2n) is 5.74. The molecule has 1 rings (SSSR count). The van der Waals surface area contributed by atoms with Crippen molar-refractivity contribution in [1.29, 1.82) is 0 Å². The van der Waals surface area contributed by atoms with Gasteiger partial charge in [-0.1, -0.05) is 28.1 Å². The summed E-state index contributed by atoms with van der Waals surface area (Å²) in [6.45, 7) is 5.32. The molecule has 1 atom stereocenters. The number of benzene rings is 1. The zero-order chi connectivity index (χ0) is 16.0. The monoisotopic (exact) mass is 356 g/mol. The van der Waals surface area contributed by atoms with Crippen molar-refractivity contribution in [1.82, 2.24) is 5.32 Å². The third-order valence-electron chi connectivity index (χ3n) is 2.63. The smallest absolute Gasteiger partial charge is 0.408 e.